The van der Waals surface area contributed by atoms with Gasteiger partial charge in [-0.1, -0.05) is 106 Å². The Bertz CT molecular complexity index is 1230. The highest BCUT2D eigenvalue weighted by Gasteiger charge is 2.15. The van der Waals surface area contributed by atoms with Crippen LogP contribution >= 0.6 is 11.8 Å². The Kier molecular flexibility index (Phi) is 7.87. The number of para-hydroxylation sites is 3. The first-order valence-corrected chi connectivity index (χ1v) is 12.7. The van der Waals surface area contributed by atoms with Gasteiger partial charge in [0, 0.05) is 32.9 Å². The molecule has 0 fully saturated rings. The zero-order valence-electron chi connectivity index (χ0n) is 20.3. The van der Waals surface area contributed by atoms with Crippen LogP contribution in [0.5, 0.6) is 0 Å². The molecule has 0 unspecified atom stereocenters. The molecule has 0 saturated heterocycles. The van der Waals surface area contributed by atoms with Gasteiger partial charge in [0.05, 0.1) is 5.69 Å². The molecule has 0 amide bonds. The summed E-state index contributed by atoms with van der Waals surface area (Å²) in [5.74, 6) is 0.868. The zero-order chi connectivity index (χ0) is 23.9. The third-order valence-electron chi connectivity index (χ3n) is 5.77. The van der Waals surface area contributed by atoms with E-state index in [0.717, 1.165) is 21.8 Å². The molecular formula is C31H32N2S. The molecule has 0 aliphatic heterocycles. The predicted octanol–water partition coefficient (Wildman–Crippen LogP) is 9.58. The average Bonchev–Trinajstić information content (AvgIpc) is 2.85. The lowest BCUT2D eigenvalue weighted by atomic mass is 9.92. The molecule has 0 aromatic heterocycles. The molecule has 0 aliphatic rings. The maximum atomic E-state index is 4.90. The van der Waals surface area contributed by atoms with Crippen molar-refractivity contribution in [1.29, 1.82) is 0 Å². The Labute approximate surface area is 208 Å². The number of anilines is 2. The van der Waals surface area contributed by atoms with E-state index in [-0.39, 0.29) is 0 Å². The Morgan fingerprint density at radius 2 is 1.29 bits per heavy atom. The molecule has 0 aliphatic carbocycles. The van der Waals surface area contributed by atoms with Crippen molar-refractivity contribution in [3.05, 3.63) is 114 Å². The second kappa shape index (κ2) is 11.2. The Morgan fingerprint density at radius 3 is 2.00 bits per heavy atom. The molecule has 0 spiro atoms. The minimum Gasteiger partial charge on any atom is -0.355 e. The fraction of sp³-hybridized carbons (Fsp3) is 0.194. The summed E-state index contributed by atoms with van der Waals surface area (Å²) in [4.78, 5) is 7.25. The number of hydrogen-bond donors (Lipinski definition) is 1. The summed E-state index contributed by atoms with van der Waals surface area (Å²) >= 11 is 1.74. The standard InChI is InChI=1S/C31H32N2S/c1-22(2)26-16-12-17-27(23(3)4)31(26)33-28-18-9-8-13-24(28)21-32-29-19-10-11-20-30(29)34-25-14-6-5-7-15-25/h5-23,33H,1-4H3. The van der Waals surface area contributed by atoms with Gasteiger partial charge in [-0.25, -0.2) is 0 Å². The number of hydrogen-bond acceptors (Lipinski definition) is 3. The minimum atomic E-state index is 0.434. The Hall–Kier alpha value is -3.30. The van der Waals surface area contributed by atoms with E-state index in [2.05, 4.69) is 118 Å². The van der Waals surface area contributed by atoms with Crippen LogP contribution in [0, 0.1) is 0 Å². The first-order valence-electron chi connectivity index (χ1n) is 11.9. The van der Waals surface area contributed by atoms with Crippen LogP contribution in [-0.4, -0.2) is 6.21 Å². The third kappa shape index (κ3) is 5.78. The maximum Gasteiger partial charge on any atom is 0.0769 e. The topological polar surface area (TPSA) is 24.4 Å². The molecule has 0 saturated carbocycles. The average molecular weight is 465 g/mol. The highest BCUT2D eigenvalue weighted by atomic mass is 32.2. The molecule has 2 nitrogen and oxygen atoms in total. The van der Waals surface area contributed by atoms with Crippen LogP contribution in [0.15, 0.2) is 112 Å². The van der Waals surface area contributed by atoms with E-state index in [4.69, 9.17) is 4.99 Å². The first kappa shape index (κ1) is 23.8. The lowest BCUT2D eigenvalue weighted by molar-refractivity contribution is 0.838. The van der Waals surface area contributed by atoms with E-state index in [0.29, 0.717) is 11.8 Å². The Balaban J connectivity index is 1.66. The molecule has 4 rings (SSSR count). The lowest BCUT2D eigenvalue weighted by Crippen LogP contribution is -2.05. The molecule has 4 aromatic carbocycles. The van der Waals surface area contributed by atoms with Gasteiger partial charge in [-0.15, -0.1) is 0 Å². The Morgan fingerprint density at radius 1 is 0.676 bits per heavy atom. The van der Waals surface area contributed by atoms with Crippen molar-refractivity contribution >= 4 is 35.0 Å². The molecule has 34 heavy (non-hydrogen) atoms. The molecule has 1 N–H and O–H groups in total. The molecule has 3 heteroatoms. The number of rotatable bonds is 8. The van der Waals surface area contributed by atoms with E-state index in [9.17, 15) is 0 Å². The van der Waals surface area contributed by atoms with E-state index in [1.807, 2.05) is 18.3 Å². The number of nitrogens with one attached hydrogen (secondary N) is 1. The highest BCUT2D eigenvalue weighted by Crippen LogP contribution is 2.36. The van der Waals surface area contributed by atoms with Crippen molar-refractivity contribution < 1.29 is 0 Å². The van der Waals surface area contributed by atoms with Crippen LogP contribution in [0.2, 0.25) is 0 Å². The van der Waals surface area contributed by atoms with Crippen molar-refractivity contribution in [3.63, 3.8) is 0 Å². The summed E-state index contributed by atoms with van der Waals surface area (Å²) in [6, 6.07) is 33.8. The van der Waals surface area contributed by atoms with E-state index < -0.39 is 0 Å². The first-order chi connectivity index (χ1) is 16.5. The summed E-state index contributed by atoms with van der Waals surface area (Å²) in [5, 5.41) is 3.77. The molecule has 0 heterocycles. The van der Waals surface area contributed by atoms with Crippen LogP contribution in [-0.2, 0) is 0 Å². The lowest BCUT2D eigenvalue weighted by Gasteiger charge is -2.21. The van der Waals surface area contributed by atoms with Crippen LogP contribution in [0.4, 0.5) is 17.1 Å². The molecule has 4 aromatic rings. The van der Waals surface area contributed by atoms with Gasteiger partial charge in [-0.3, -0.25) is 4.99 Å². The van der Waals surface area contributed by atoms with Gasteiger partial charge in [0.15, 0.2) is 0 Å². The van der Waals surface area contributed by atoms with Crippen LogP contribution in [0.3, 0.4) is 0 Å². The summed E-state index contributed by atoms with van der Waals surface area (Å²) < 4.78 is 0. The highest BCUT2D eigenvalue weighted by molar-refractivity contribution is 7.99. The van der Waals surface area contributed by atoms with E-state index in [1.165, 1.54) is 21.7 Å². The molecule has 172 valence electrons. The molecule has 0 atom stereocenters. The normalized spacial score (nSPS) is 11.5. The smallest absolute Gasteiger partial charge is 0.0769 e. The van der Waals surface area contributed by atoms with Gasteiger partial charge in [0.1, 0.15) is 0 Å². The number of nitrogens with zero attached hydrogens (tertiary/aromatic N) is 1. The summed E-state index contributed by atoms with van der Waals surface area (Å²) in [7, 11) is 0. The quantitative estimate of drug-likeness (QED) is 0.262. The van der Waals surface area contributed by atoms with Gasteiger partial charge in [-0.2, -0.15) is 0 Å². The second-order valence-corrected chi connectivity index (χ2v) is 10.1. The van der Waals surface area contributed by atoms with Crippen LogP contribution in [0.25, 0.3) is 0 Å². The van der Waals surface area contributed by atoms with Gasteiger partial charge < -0.3 is 5.32 Å². The second-order valence-electron chi connectivity index (χ2n) is 8.97. The van der Waals surface area contributed by atoms with Crippen molar-refractivity contribution in [2.45, 2.75) is 49.3 Å². The van der Waals surface area contributed by atoms with Crippen molar-refractivity contribution in [3.8, 4) is 0 Å². The monoisotopic (exact) mass is 464 g/mol. The SMILES string of the molecule is CC(C)c1cccc(C(C)C)c1Nc1ccccc1C=Nc1ccccc1Sc1ccccc1. The van der Waals surface area contributed by atoms with Crippen molar-refractivity contribution in [1.82, 2.24) is 0 Å². The third-order valence-corrected chi connectivity index (χ3v) is 6.85. The fourth-order valence-electron chi connectivity index (χ4n) is 3.96. The number of benzene rings is 4. The summed E-state index contributed by atoms with van der Waals surface area (Å²) in [6.07, 6.45) is 1.97. The van der Waals surface area contributed by atoms with Gasteiger partial charge in [-0.05, 0) is 53.3 Å². The summed E-state index contributed by atoms with van der Waals surface area (Å²) in [5.41, 5.74) is 6.99. The molecular weight excluding hydrogens is 432 g/mol. The van der Waals surface area contributed by atoms with E-state index in [1.54, 1.807) is 11.8 Å². The largest absolute Gasteiger partial charge is 0.355 e. The summed E-state index contributed by atoms with van der Waals surface area (Å²) in [6.45, 7) is 9.00. The van der Waals surface area contributed by atoms with Crippen molar-refractivity contribution in [2.24, 2.45) is 4.99 Å². The van der Waals surface area contributed by atoms with Crippen LogP contribution in [0.1, 0.15) is 56.2 Å². The molecule has 0 bridgehead atoms. The maximum absolute atomic E-state index is 4.90. The van der Waals surface area contributed by atoms with E-state index >= 15 is 0 Å². The molecule has 0 radical (unpaired) electrons. The van der Waals surface area contributed by atoms with Gasteiger partial charge in [0.25, 0.3) is 0 Å². The van der Waals surface area contributed by atoms with Gasteiger partial charge >= 0.3 is 0 Å². The fourth-order valence-corrected chi connectivity index (χ4v) is 4.88. The van der Waals surface area contributed by atoms with Gasteiger partial charge in [0.2, 0.25) is 0 Å². The predicted molar refractivity (Wildman–Crippen MR) is 149 cm³/mol. The van der Waals surface area contributed by atoms with Crippen LogP contribution < -0.4 is 5.32 Å². The number of aliphatic imine (C=N–C) groups is 1. The zero-order valence-corrected chi connectivity index (χ0v) is 21.1. The minimum absolute atomic E-state index is 0.434. The van der Waals surface area contributed by atoms with Crippen molar-refractivity contribution in [2.75, 3.05) is 5.32 Å².